The van der Waals surface area contributed by atoms with Crippen LogP contribution in [0.25, 0.3) is 5.69 Å². The zero-order chi connectivity index (χ0) is 19.2. The van der Waals surface area contributed by atoms with E-state index in [9.17, 15) is 4.79 Å². The number of hydrogen-bond acceptors (Lipinski definition) is 5. The number of benzene rings is 2. The van der Waals surface area contributed by atoms with Crippen LogP contribution in [0, 0.1) is 0 Å². The van der Waals surface area contributed by atoms with Crippen LogP contribution >= 0.6 is 11.6 Å². The molecule has 0 radical (unpaired) electrons. The third kappa shape index (κ3) is 4.58. The lowest BCUT2D eigenvalue weighted by molar-refractivity contribution is 0.116. The fraction of sp³-hybridized carbons (Fsp3) is 0.158. The van der Waals surface area contributed by atoms with E-state index in [1.165, 1.54) is 14.2 Å². The second-order valence-electron chi connectivity index (χ2n) is 5.48. The Morgan fingerprint density at radius 2 is 1.78 bits per heavy atom. The molecule has 0 unspecified atom stereocenters. The van der Waals surface area contributed by atoms with Crippen molar-refractivity contribution in [3.63, 3.8) is 0 Å². The van der Waals surface area contributed by atoms with Crippen molar-refractivity contribution < 1.29 is 19.1 Å². The minimum absolute atomic E-state index is 0.336. The number of aromatic nitrogens is 2. The fourth-order valence-electron chi connectivity index (χ4n) is 2.37. The van der Waals surface area contributed by atoms with Crippen molar-refractivity contribution in [1.29, 1.82) is 0 Å². The number of hydroxylamine groups is 1. The molecule has 1 amide bonds. The second-order valence-corrected chi connectivity index (χ2v) is 5.91. The number of nitrogens with zero attached hydrogens (tertiary/aromatic N) is 3. The van der Waals surface area contributed by atoms with E-state index in [0.717, 1.165) is 16.3 Å². The third-order valence-corrected chi connectivity index (χ3v) is 3.99. The highest BCUT2D eigenvalue weighted by Gasteiger charge is 2.15. The van der Waals surface area contributed by atoms with Gasteiger partial charge in [-0.1, -0.05) is 23.7 Å². The Balaban J connectivity index is 1.62. The third-order valence-electron chi connectivity index (χ3n) is 3.74. The molecule has 1 heterocycles. The minimum atomic E-state index is -0.603. The Kier molecular flexibility index (Phi) is 5.95. The number of amides is 1. The number of anilines is 1. The van der Waals surface area contributed by atoms with Gasteiger partial charge in [0.1, 0.15) is 6.61 Å². The minimum Gasteiger partial charge on any atom is -0.472 e. The summed E-state index contributed by atoms with van der Waals surface area (Å²) in [4.78, 5) is 16.6. The maximum atomic E-state index is 11.6. The molecular weight excluding hydrogens is 370 g/mol. The smallest absolute Gasteiger partial charge is 0.438 e. The van der Waals surface area contributed by atoms with E-state index in [1.807, 2.05) is 30.5 Å². The Hall–Kier alpha value is -3.03. The quantitative estimate of drug-likeness (QED) is 0.592. The molecule has 0 fully saturated rings. The van der Waals surface area contributed by atoms with Gasteiger partial charge in [0.25, 0.3) is 0 Å². The monoisotopic (exact) mass is 387 g/mol. The summed E-state index contributed by atoms with van der Waals surface area (Å²) < 4.78 is 12.1. The molecule has 0 N–H and O–H groups in total. The van der Waals surface area contributed by atoms with Crippen molar-refractivity contribution >= 4 is 23.4 Å². The van der Waals surface area contributed by atoms with E-state index in [2.05, 4.69) is 9.84 Å². The number of ether oxygens (including phenoxy) is 2. The average molecular weight is 388 g/mol. The van der Waals surface area contributed by atoms with E-state index in [-0.39, 0.29) is 0 Å². The molecule has 2 aromatic carbocycles. The molecule has 3 rings (SSSR count). The summed E-state index contributed by atoms with van der Waals surface area (Å²) in [5.41, 5.74) is 2.36. The highest BCUT2D eigenvalue weighted by atomic mass is 35.5. The predicted molar refractivity (Wildman–Crippen MR) is 101 cm³/mol. The molecule has 0 saturated heterocycles. The first-order chi connectivity index (χ1) is 13.1. The van der Waals surface area contributed by atoms with Gasteiger partial charge in [0.2, 0.25) is 5.88 Å². The Morgan fingerprint density at radius 3 is 2.41 bits per heavy atom. The van der Waals surface area contributed by atoms with Crippen LogP contribution in [0.15, 0.2) is 60.8 Å². The summed E-state index contributed by atoms with van der Waals surface area (Å²) >= 11 is 5.90. The summed E-state index contributed by atoms with van der Waals surface area (Å²) in [5, 5.41) is 6.11. The lowest BCUT2D eigenvalue weighted by atomic mass is 10.2. The summed E-state index contributed by atoms with van der Waals surface area (Å²) in [6, 6.07) is 16.3. The van der Waals surface area contributed by atoms with Gasteiger partial charge in [-0.2, -0.15) is 5.06 Å². The fourth-order valence-corrected chi connectivity index (χ4v) is 2.50. The first-order valence-electron chi connectivity index (χ1n) is 8.06. The van der Waals surface area contributed by atoms with Crippen molar-refractivity contribution in [2.45, 2.75) is 6.61 Å². The van der Waals surface area contributed by atoms with Gasteiger partial charge in [-0.15, -0.1) is 5.10 Å². The number of carbonyl (C=O) groups excluding carboxylic acids is 1. The number of hydrogen-bond donors (Lipinski definition) is 0. The first-order valence-corrected chi connectivity index (χ1v) is 8.44. The van der Waals surface area contributed by atoms with Crippen molar-refractivity contribution in [2.24, 2.45) is 0 Å². The highest BCUT2D eigenvalue weighted by Crippen LogP contribution is 2.19. The standard InChI is InChI=1S/C19H18ClN3O4/c1-25-19(24)23(26-2)17-7-3-14(4-8-17)13-27-18-11-12-22(21-18)16-9-5-15(20)6-10-16/h3-12H,13H2,1-2H3. The molecule has 3 aromatic rings. The van der Waals surface area contributed by atoms with Crippen LogP contribution in [0.5, 0.6) is 5.88 Å². The van der Waals surface area contributed by atoms with E-state index in [4.69, 9.17) is 21.2 Å². The molecule has 27 heavy (non-hydrogen) atoms. The van der Waals surface area contributed by atoms with Gasteiger partial charge in [0, 0.05) is 17.3 Å². The zero-order valence-corrected chi connectivity index (χ0v) is 15.6. The topological polar surface area (TPSA) is 65.8 Å². The molecule has 0 saturated carbocycles. The van der Waals surface area contributed by atoms with E-state index in [0.29, 0.717) is 23.2 Å². The van der Waals surface area contributed by atoms with Gasteiger partial charge in [-0.3, -0.25) is 4.84 Å². The normalized spacial score (nSPS) is 10.5. The Morgan fingerprint density at radius 1 is 1.07 bits per heavy atom. The number of carbonyl (C=O) groups is 1. The second kappa shape index (κ2) is 8.57. The largest absolute Gasteiger partial charge is 0.472 e. The van der Waals surface area contributed by atoms with Crippen LogP contribution in [0.1, 0.15) is 5.56 Å². The molecule has 0 aliphatic rings. The van der Waals surface area contributed by atoms with Gasteiger partial charge in [0.15, 0.2) is 0 Å². The van der Waals surface area contributed by atoms with Crippen LogP contribution < -0.4 is 9.80 Å². The molecule has 0 spiro atoms. The lowest BCUT2D eigenvalue weighted by Gasteiger charge is -2.18. The molecule has 1 aromatic heterocycles. The van der Waals surface area contributed by atoms with Crippen molar-refractivity contribution in [3.8, 4) is 11.6 Å². The number of methoxy groups -OCH3 is 1. The maximum absolute atomic E-state index is 11.6. The maximum Gasteiger partial charge on any atom is 0.438 e. The van der Waals surface area contributed by atoms with Gasteiger partial charge < -0.3 is 9.47 Å². The molecule has 8 heteroatoms. The van der Waals surface area contributed by atoms with E-state index in [1.54, 1.807) is 35.0 Å². The number of halogens is 1. The van der Waals surface area contributed by atoms with Crippen LogP contribution in [0.4, 0.5) is 10.5 Å². The molecule has 0 aliphatic heterocycles. The van der Waals surface area contributed by atoms with Crippen molar-refractivity contribution in [2.75, 3.05) is 19.3 Å². The molecule has 7 nitrogen and oxygen atoms in total. The molecule has 140 valence electrons. The Labute approximate surface area is 161 Å². The van der Waals surface area contributed by atoms with Gasteiger partial charge >= 0.3 is 6.09 Å². The SMILES string of the molecule is COC(=O)N(OC)c1ccc(COc2ccn(-c3ccc(Cl)cc3)n2)cc1. The predicted octanol–water partition coefficient (Wildman–Crippen LogP) is 4.24. The van der Waals surface area contributed by atoms with E-state index >= 15 is 0 Å². The summed E-state index contributed by atoms with van der Waals surface area (Å²) in [5.74, 6) is 0.502. The van der Waals surface area contributed by atoms with Crippen molar-refractivity contribution in [1.82, 2.24) is 9.78 Å². The van der Waals surface area contributed by atoms with Crippen LogP contribution in [-0.2, 0) is 16.2 Å². The number of rotatable bonds is 6. The summed E-state index contributed by atoms with van der Waals surface area (Å²) in [6.07, 6.45) is 1.21. The van der Waals surface area contributed by atoms with Crippen molar-refractivity contribution in [3.05, 3.63) is 71.4 Å². The van der Waals surface area contributed by atoms with Gasteiger partial charge in [0.05, 0.1) is 25.6 Å². The van der Waals surface area contributed by atoms with Crippen LogP contribution in [0.2, 0.25) is 5.02 Å². The molecule has 0 bridgehead atoms. The first kappa shape index (κ1) is 18.8. The van der Waals surface area contributed by atoms with Gasteiger partial charge in [-0.05, 0) is 42.0 Å². The summed E-state index contributed by atoms with van der Waals surface area (Å²) in [6.45, 7) is 0.336. The molecule has 0 aliphatic carbocycles. The lowest BCUT2D eigenvalue weighted by Crippen LogP contribution is -2.29. The molecular formula is C19H18ClN3O4. The highest BCUT2D eigenvalue weighted by molar-refractivity contribution is 6.30. The van der Waals surface area contributed by atoms with Crippen LogP contribution in [0.3, 0.4) is 0 Å². The average Bonchev–Trinajstić information content (AvgIpc) is 3.17. The summed E-state index contributed by atoms with van der Waals surface area (Å²) in [7, 11) is 2.69. The van der Waals surface area contributed by atoms with Crippen LogP contribution in [-0.4, -0.2) is 30.1 Å². The van der Waals surface area contributed by atoms with E-state index < -0.39 is 6.09 Å². The molecule has 0 atom stereocenters. The Bertz CT molecular complexity index is 894. The van der Waals surface area contributed by atoms with Gasteiger partial charge in [-0.25, -0.2) is 9.48 Å². The zero-order valence-electron chi connectivity index (χ0n) is 14.8.